The minimum absolute atomic E-state index is 0.124. The molecule has 1 aliphatic heterocycles. The molecule has 0 unspecified atom stereocenters. The van der Waals surface area contributed by atoms with Gasteiger partial charge in [0.1, 0.15) is 10.6 Å². The lowest BCUT2D eigenvalue weighted by atomic mass is 10.2. The quantitative estimate of drug-likeness (QED) is 0.772. The minimum atomic E-state index is -0.175. The molecule has 0 spiro atoms. The molecule has 0 saturated carbocycles. The fraction of sp³-hybridized carbons (Fsp3) is 0.375. The number of aromatic nitrogens is 1. The van der Waals surface area contributed by atoms with E-state index >= 15 is 0 Å². The molecule has 24 heavy (non-hydrogen) atoms. The molecule has 3 N–H and O–H groups in total. The maximum atomic E-state index is 12.5. The molecule has 1 fully saturated rings. The van der Waals surface area contributed by atoms with Crippen LogP contribution in [0, 0.1) is 6.92 Å². The van der Waals surface area contributed by atoms with Gasteiger partial charge in [0, 0.05) is 37.7 Å². The first-order valence-corrected chi connectivity index (χ1v) is 8.92. The molecule has 0 bridgehead atoms. The summed E-state index contributed by atoms with van der Waals surface area (Å²) >= 11 is 7.49. The van der Waals surface area contributed by atoms with Crippen LogP contribution in [-0.4, -0.2) is 42.2 Å². The van der Waals surface area contributed by atoms with E-state index in [4.69, 9.17) is 11.6 Å². The molecule has 1 saturated heterocycles. The number of hydrogen-bond acceptors (Lipinski definition) is 6. The van der Waals surface area contributed by atoms with Gasteiger partial charge in [0.25, 0.3) is 5.91 Å². The number of phenols is 1. The molecular formula is C16H19ClN4O2S. The number of piperazine rings is 1. The average molecular weight is 367 g/mol. The maximum absolute atomic E-state index is 12.5. The summed E-state index contributed by atoms with van der Waals surface area (Å²) in [7, 11) is 0. The second kappa shape index (κ2) is 7.38. The maximum Gasteiger partial charge on any atom is 0.263 e. The second-order valence-corrected chi connectivity index (χ2v) is 6.99. The summed E-state index contributed by atoms with van der Waals surface area (Å²) in [6, 6.07) is 4.67. The molecule has 0 atom stereocenters. The van der Waals surface area contributed by atoms with E-state index in [1.807, 2.05) is 6.92 Å². The van der Waals surface area contributed by atoms with Crippen molar-refractivity contribution < 1.29 is 9.90 Å². The fourth-order valence-electron chi connectivity index (χ4n) is 2.54. The number of rotatable bonds is 4. The Labute approximate surface area is 149 Å². The van der Waals surface area contributed by atoms with Crippen LogP contribution in [0.5, 0.6) is 5.75 Å². The lowest BCUT2D eigenvalue weighted by molar-refractivity contribution is 0.0954. The first kappa shape index (κ1) is 17.0. The first-order valence-electron chi connectivity index (χ1n) is 7.73. The molecule has 1 aromatic carbocycles. The van der Waals surface area contributed by atoms with Crippen molar-refractivity contribution in [2.24, 2.45) is 0 Å². The van der Waals surface area contributed by atoms with Gasteiger partial charge in [-0.15, -0.1) is 0 Å². The Hall–Kier alpha value is -1.83. The van der Waals surface area contributed by atoms with Crippen LogP contribution in [0.1, 0.15) is 20.9 Å². The first-order chi connectivity index (χ1) is 11.5. The predicted molar refractivity (Wildman–Crippen MR) is 96.2 cm³/mol. The summed E-state index contributed by atoms with van der Waals surface area (Å²) < 4.78 is 0. The van der Waals surface area contributed by atoms with Crippen molar-refractivity contribution in [2.75, 3.05) is 31.1 Å². The molecule has 1 aliphatic rings. The van der Waals surface area contributed by atoms with Crippen molar-refractivity contribution in [3.63, 3.8) is 0 Å². The number of carbonyl (C=O) groups is 1. The smallest absolute Gasteiger partial charge is 0.263 e. The highest BCUT2D eigenvalue weighted by Gasteiger charge is 2.20. The number of phenolic OH excluding ortho intramolecular Hbond substituents is 1. The molecule has 0 aliphatic carbocycles. The summed E-state index contributed by atoms with van der Waals surface area (Å²) in [6.07, 6.45) is 0. The van der Waals surface area contributed by atoms with Crippen molar-refractivity contribution in [1.29, 1.82) is 0 Å². The van der Waals surface area contributed by atoms with Gasteiger partial charge < -0.3 is 20.6 Å². The molecule has 3 rings (SSSR count). The lowest BCUT2D eigenvalue weighted by Crippen LogP contribution is -2.43. The zero-order valence-electron chi connectivity index (χ0n) is 13.3. The zero-order valence-corrected chi connectivity index (χ0v) is 14.9. The van der Waals surface area contributed by atoms with Crippen molar-refractivity contribution in [3.8, 4) is 5.75 Å². The Balaban J connectivity index is 1.68. The Morgan fingerprint density at radius 3 is 2.96 bits per heavy atom. The number of aryl methyl sites for hydroxylation is 1. The molecule has 1 aromatic heterocycles. The molecular weight excluding hydrogens is 348 g/mol. The number of carbonyl (C=O) groups excluding carboxylic acids is 1. The van der Waals surface area contributed by atoms with Crippen LogP contribution in [0.25, 0.3) is 0 Å². The van der Waals surface area contributed by atoms with Gasteiger partial charge in [-0.05, 0) is 30.7 Å². The number of thiazole rings is 1. The highest BCUT2D eigenvalue weighted by molar-refractivity contribution is 7.17. The molecule has 6 nitrogen and oxygen atoms in total. The Kier molecular flexibility index (Phi) is 5.23. The zero-order chi connectivity index (χ0) is 17.1. The molecule has 0 radical (unpaired) electrons. The number of nitrogens with one attached hydrogen (secondary N) is 2. The van der Waals surface area contributed by atoms with Crippen LogP contribution < -0.4 is 15.5 Å². The second-order valence-electron chi connectivity index (χ2n) is 5.61. The van der Waals surface area contributed by atoms with Gasteiger partial charge in [0.05, 0.1) is 5.69 Å². The molecule has 128 valence electrons. The number of benzene rings is 1. The van der Waals surface area contributed by atoms with Crippen molar-refractivity contribution in [3.05, 3.63) is 39.4 Å². The van der Waals surface area contributed by atoms with Crippen molar-refractivity contribution >= 4 is 34.0 Å². The summed E-state index contributed by atoms with van der Waals surface area (Å²) in [6.45, 7) is 5.75. The van der Waals surface area contributed by atoms with Gasteiger partial charge in [0.2, 0.25) is 0 Å². The van der Waals surface area contributed by atoms with Crippen molar-refractivity contribution in [2.45, 2.75) is 13.5 Å². The van der Waals surface area contributed by atoms with Gasteiger partial charge in [-0.25, -0.2) is 4.98 Å². The van der Waals surface area contributed by atoms with E-state index in [9.17, 15) is 9.90 Å². The Morgan fingerprint density at radius 1 is 1.46 bits per heavy atom. The van der Waals surface area contributed by atoms with Gasteiger partial charge in [-0.1, -0.05) is 22.9 Å². The largest absolute Gasteiger partial charge is 0.508 e. The summed E-state index contributed by atoms with van der Waals surface area (Å²) in [5, 5.41) is 17.1. The van der Waals surface area contributed by atoms with E-state index in [2.05, 4.69) is 20.5 Å². The molecule has 2 aromatic rings. The Bertz CT molecular complexity index is 744. The van der Waals surface area contributed by atoms with E-state index in [0.29, 0.717) is 15.5 Å². The minimum Gasteiger partial charge on any atom is -0.508 e. The standard InChI is InChI=1S/C16H19ClN4O2S/c1-10-14(24-16(20-10)21-6-4-18-5-7-21)15(23)19-9-11-8-12(22)2-3-13(11)17/h2-3,8,18,22H,4-7,9H2,1H3,(H,19,23). The monoisotopic (exact) mass is 366 g/mol. The third-order valence-electron chi connectivity index (χ3n) is 3.85. The summed E-state index contributed by atoms with van der Waals surface area (Å²) in [5.41, 5.74) is 1.41. The third kappa shape index (κ3) is 3.80. The van der Waals surface area contributed by atoms with Gasteiger partial charge in [0.15, 0.2) is 5.13 Å². The van der Waals surface area contributed by atoms with Crippen LogP contribution in [0.2, 0.25) is 5.02 Å². The summed E-state index contributed by atoms with van der Waals surface area (Å²) in [4.78, 5) is 19.8. The van der Waals surface area contributed by atoms with Crippen LogP contribution in [0.3, 0.4) is 0 Å². The van der Waals surface area contributed by atoms with E-state index in [-0.39, 0.29) is 18.2 Å². The van der Waals surface area contributed by atoms with Crippen molar-refractivity contribution in [1.82, 2.24) is 15.6 Å². The number of aromatic hydroxyl groups is 1. The number of nitrogens with zero attached hydrogens (tertiary/aromatic N) is 2. The van der Waals surface area contributed by atoms with Crippen LogP contribution in [-0.2, 0) is 6.54 Å². The Morgan fingerprint density at radius 2 is 2.21 bits per heavy atom. The number of anilines is 1. The van der Waals surface area contributed by atoms with Gasteiger partial charge in [-0.2, -0.15) is 0 Å². The van der Waals surface area contributed by atoms with E-state index in [1.54, 1.807) is 12.1 Å². The van der Waals surface area contributed by atoms with Gasteiger partial charge in [-0.3, -0.25) is 4.79 Å². The third-order valence-corrected chi connectivity index (χ3v) is 5.43. The number of amides is 1. The predicted octanol–water partition coefficient (Wildman–Crippen LogP) is 2.15. The molecule has 2 heterocycles. The fourth-order valence-corrected chi connectivity index (χ4v) is 3.76. The van der Waals surface area contributed by atoms with Gasteiger partial charge >= 0.3 is 0 Å². The number of hydrogen-bond donors (Lipinski definition) is 3. The van der Waals surface area contributed by atoms with Crippen LogP contribution in [0.15, 0.2) is 18.2 Å². The lowest BCUT2D eigenvalue weighted by Gasteiger charge is -2.26. The van der Waals surface area contributed by atoms with E-state index in [1.165, 1.54) is 17.4 Å². The topological polar surface area (TPSA) is 77.5 Å². The van der Waals surface area contributed by atoms with Crippen LogP contribution in [0.4, 0.5) is 5.13 Å². The highest BCUT2D eigenvalue weighted by Crippen LogP contribution is 2.27. The van der Waals surface area contributed by atoms with E-state index < -0.39 is 0 Å². The number of halogens is 1. The normalized spacial score (nSPS) is 14.7. The van der Waals surface area contributed by atoms with E-state index in [0.717, 1.165) is 37.0 Å². The highest BCUT2D eigenvalue weighted by atomic mass is 35.5. The average Bonchev–Trinajstić information content (AvgIpc) is 2.98. The molecule has 1 amide bonds. The summed E-state index contributed by atoms with van der Waals surface area (Å²) in [5.74, 6) is -0.0515. The molecule has 8 heteroatoms. The van der Waals surface area contributed by atoms with Crippen LogP contribution >= 0.6 is 22.9 Å². The SMILES string of the molecule is Cc1nc(N2CCNCC2)sc1C(=O)NCc1cc(O)ccc1Cl.